The highest BCUT2D eigenvalue weighted by Gasteiger charge is 2.11. The first kappa shape index (κ1) is 21.0. The van der Waals surface area contributed by atoms with Gasteiger partial charge < -0.3 is 20.1 Å². The van der Waals surface area contributed by atoms with E-state index in [-0.39, 0.29) is 11.6 Å². The lowest BCUT2D eigenvalue weighted by atomic mass is 10.2. The Hall–Kier alpha value is -3.29. The molecular formula is C20H25N3O5. The number of nitrogens with one attached hydrogen (secondary N) is 2. The maximum absolute atomic E-state index is 12.3. The molecule has 0 fully saturated rings. The number of hydrogen-bond donors (Lipinski definition) is 2. The van der Waals surface area contributed by atoms with Crippen molar-refractivity contribution in [3.8, 4) is 11.5 Å². The SMILES string of the molecule is COc1cc(C(=O)NCCNc2ccc([N+](=O)[O-])cc2)ccc1OCC(C)C. The van der Waals surface area contributed by atoms with E-state index in [1.54, 1.807) is 30.3 Å². The van der Waals surface area contributed by atoms with Gasteiger partial charge in [-0.15, -0.1) is 0 Å². The van der Waals surface area contributed by atoms with E-state index in [0.29, 0.717) is 42.7 Å². The largest absolute Gasteiger partial charge is 0.493 e. The standard InChI is InChI=1S/C20H25N3O5/c1-14(2)13-28-18-9-4-15(12-19(18)27-3)20(24)22-11-10-21-16-5-7-17(8-6-16)23(25)26/h4-9,12,14,21H,10-11,13H2,1-3H3,(H,22,24). The third kappa shape index (κ3) is 6.15. The summed E-state index contributed by atoms with van der Waals surface area (Å²) in [4.78, 5) is 22.5. The van der Waals surface area contributed by atoms with Crippen LogP contribution in [0.4, 0.5) is 11.4 Å². The lowest BCUT2D eigenvalue weighted by Gasteiger charge is -2.14. The minimum atomic E-state index is -0.447. The third-order valence-corrected chi connectivity index (χ3v) is 3.82. The number of rotatable bonds is 10. The van der Waals surface area contributed by atoms with Crippen molar-refractivity contribution in [1.82, 2.24) is 5.32 Å². The van der Waals surface area contributed by atoms with Crippen molar-refractivity contribution in [2.45, 2.75) is 13.8 Å². The van der Waals surface area contributed by atoms with Gasteiger partial charge in [0.1, 0.15) is 0 Å². The lowest BCUT2D eigenvalue weighted by Crippen LogP contribution is -2.28. The number of methoxy groups -OCH3 is 1. The van der Waals surface area contributed by atoms with Crippen LogP contribution in [-0.4, -0.2) is 37.6 Å². The van der Waals surface area contributed by atoms with Gasteiger partial charge in [-0.3, -0.25) is 14.9 Å². The van der Waals surface area contributed by atoms with Crippen LogP contribution in [0.3, 0.4) is 0 Å². The zero-order chi connectivity index (χ0) is 20.5. The Morgan fingerprint density at radius 2 is 1.82 bits per heavy atom. The summed E-state index contributed by atoms with van der Waals surface area (Å²) in [7, 11) is 1.54. The van der Waals surface area contributed by atoms with Gasteiger partial charge in [-0.2, -0.15) is 0 Å². The van der Waals surface area contributed by atoms with E-state index in [2.05, 4.69) is 24.5 Å². The van der Waals surface area contributed by atoms with Crippen molar-refractivity contribution in [2.75, 3.05) is 32.1 Å². The van der Waals surface area contributed by atoms with Crippen LogP contribution in [0.25, 0.3) is 0 Å². The van der Waals surface area contributed by atoms with E-state index in [1.807, 2.05) is 0 Å². The molecule has 1 amide bonds. The summed E-state index contributed by atoms with van der Waals surface area (Å²) < 4.78 is 11.0. The number of non-ortho nitro benzene ring substituents is 1. The van der Waals surface area contributed by atoms with E-state index in [9.17, 15) is 14.9 Å². The molecule has 0 radical (unpaired) electrons. The molecule has 2 aromatic carbocycles. The van der Waals surface area contributed by atoms with Crippen LogP contribution < -0.4 is 20.1 Å². The second-order valence-electron chi connectivity index (χ2n) is 6.56. The second kappa shape index (κ2) is 10.1. The van der Waals surface area contributed by atoms with Crippen LogP contribution in [0.5, 0.6) is 11.5 Å². The van der Waals surface area contributed by atoms with Gasteiger partial charge in [-0.05, 0) is 36.2 Å². The van der Waals surface area contributed by atoms with Crippen LogP contribution in [0.2, 0.25) is 0 Å². The number of carbonyl (C=O) groups excluding carboxylic acids is 1. The summed E-state index contributed by atoms with van der Waals surface area (Å²) in [6.45, 7) is 5.55. The van der Waals surface area contributed by atoms with E-state index in [0.717, 1.165) is 5.69 Å². The number of nitrogens with zero attached hydrogens (tertiary/aromatic N) is 1. The van der Waals surface area contributed by atoms with Crippen molar-refractivity contribution < 1.29 is 19.2 Å². The average molecular weight is 387 g/mol. The highest BCUT2D eigenvalue weighted by Crippen LogP contribution is 2.28. The molecule has 0 aliphatic heterocycles. The van der Waals surface area contributed by atoms with Crippen molar-refractivity contribution in [3.05, 3.63) is 58.1 Å². The molecule has 0 unspecified atom stereocenters. The summed E-state index contributed by atoms with van der Waals surface area (Å²) in [5.74, 6) is 1.28. The number of carbonyl (C=O) groups is 1. The maximum atomic E-state index is 12.3. The molecule has 28 heavy (non-hydrogen) atoms. The number of nitro groups is 1. The van der Waals surface area contributed by atoms with E-state index < -0.39 is 4.92 Å². The Labute approximate surface area is 164 Å². The summed E-state index contributed by atoms with van der Waals surface area (Å²) in [5.41, 5.74) is 1.26. The van der Waals surface area contributed by atoms with Gasteiger partial charge in [0.05, 0.1) is 18.6 Å². The Balaban J connectivity index is 1.84. The molecule has 0 atom stereocenters. The van der Waals surface area contributed by atoms with Crippen molar-refractivity contribution in [2.24, 2.45) is 5.92 Å². The first-order valence-corrected chi connectivity index (χ1v) is 8.98. The molecule has 0 heterocycles. The highest BCUT2D eigenvalue weighted by atomic mass is 16.6. The molecule has 0 aromatic heterocycles. The van der Waals surface area contributed by atoms with Gasteiger partial charge in [-0.1, -0.05) is 13.8 Å². The van der Waals surface area contributed by atoms with E-state index in [4.69, 9.17) is 9.47 Å². The molecule has 0 saturated heterocycles. The molecule has 0 spiro atoms. The number of ether oxygens (including phenoxy) is 2. The normalized spacial score (nSPS) is 10.4. The van der Waals surface area contributed by atoms with Gasteiger partial charge in [0, 0.05) is 36.5 Å². The molecule has 0 saturated carbocycles. The zero-order valence-electron chi connectivity index (χ0n) is 16.2. The summed E-state index contributed by atoms with van der Waals surface area (Å²) in [6.07, 6.45) is 0. The molecule has 150 valence electrons. The molecule has 0 aliphatic carbocycles. The fraction of sp³-hybridized carbons (Fsp3) is 0.350. The number of nitro benzene ring substituents is 1. The maximum Gasteiger partial charge on any atom is 0.269 e. The predicted octanol–water partition coefficient (Wildman–Crippen LogP) is 3.48. The number of anilines is 1. The number of benzene rings is 2. The first-order valence-electron chi connectivity index (χ1n) is 8.98. The number of hydrogen-bond acceptors (Lipinski definition) is 6. The van der Waals surface area contributed by atoms with Crippen LogP contribution in [0.15, 0.2) is 42.5 Å². The highest BCUT2D eigenvalue weighted by molar-refractivity contribution is 5.94. The summed E-state index contributed by atoms with van der Waals surface area (Å²) in [5, 5.41) is 16.5. The van der Waals surface area contributed by atoms with Gasteiger partial charge in [0.15, 0.2) is 11.5 Å². The van der Waals surface area contributed by atoms with Crippen LogP contribution in [0, 0.1) is 16.0 Å². The predicted molar refractivity (Wildman–Crippen MR) is 107 cm³/mol. The first-order chi connectivity index (χ1) is 13.4. The topological polar surface area (TPSA) is 103 Å². The summed E-state index contributed by atoms with van der Waals surface area (Å²) >= 11 is 0. The second-order valence-corrected chi connectivity index (χ2v) is 6.56. The molecule has 0 bridgehead atoms. The van der Waals surface area contributed by atoms with Crippen molar-refractivity contribution in [3.63, 3.8) is 0 Å². The van der Waals surface area contributed by atoms with Crippen LogP contribution >= 0.6 is 0 Å². The van der Waals surface area contributed by atoms with Gasteiger partial charge in [-0.25, -0.2) is 0 Å². The molecule has 2 aromatic rings. The summed E-state index contributed by atoms with van der Waals surface area (Å²) in [6, 6.07) is 11.2. The number of amides is 1. The van der Waals surface area contributed by atoms with Crippen LogP contribution in [-0.2, 0) is 0 Å². The van der Waals surface area contributed by atoms with Gasteiger partial charge in [0.2, 0.25) is 0 Å². The Bertz CT molecular complexity index is 806. The fourth-order valence-electron chi connectivity index (χ4n) is 2.37. The molecule has 2 N–H and O–H groups in total. The smallest absolute Gasteiger partial charge is 0.269 e. The minimum absolute atomic E-state index is 0.0358. The average Bonchev–Trinajstić information content (AvgIpc) is 2.69. The lowest BCUT2D eigenvalue weighted by molar-refractivity contribution is -0.384. The minimum Gasteiger partial charge on any atom is -0.493 e. The molecule has 0 aliphatic rings. The molecule has 8 heteroatoms. The van der Waals surface area contributed by atoms with Gasteiger partial charge >= 0.3 is 0 Å². The third-order valence-electron chi connectivity index (χ3n) is 3.82. The van der Waals surface area contributed by atoms with Gasteiger partial charge in [0.25, 0.3) is 11.6 Å². The fourth-order valence-corrected chi connectivity index (χ4v) is 2.37. The van der Waals surface area contributed by atoms with Crippen molar-refractivity contribution >= 4 is 17.3 Å². The Morgan fingerprint density at radius 1 is 1.11 bits per heavy atom. The van der Waals surface area contributed by atoms with Crippen LogP contribution in [0.1, 0.15) is 24.2 Å². The zero-order valence-corrected chi connectivity index (χ0v) is 16.2. The quantitative estimate of drug-likeness (QED) is 0.368. The van der Waals surface area contributed by atoms with E-state index in [1.165, 1.54) is 19.2 Å². The Kier molecular flexibility index (Phi) is 7.62. The monoisotopic (exact) mass is 387 g/mol. The van der Waals surface area contributed by atoms with Crippen molar-refractivity contribution in [1.29, 1.82) is 0 Å². The van der Waals surface area contributed by atoms with E-state index >= 15 is 0 Å². The molecule has 2 rings (SSSR count). The molecular weight excluding hydrogens is 362 g/mol. The molecule has 8 nitrogen and oxygen atoms in total. The Morgan fingerprint density at radius 3 is 2.43 bits per heavy atom.